The summed E-state index contributed by atoms with van der Waals surface area (Å²) in [5, 5.41) is 15.6. The predicted octanol–water partition coefficient (Wildman–Crippen LogP) is 6.06. The van der Waals surface area contributed by atoms with E-state index < -0.39 is 23.8 Å². The van der Waals surface area contributed by atoms with Crippen molar-refractivity contribution in [1.29, 1.82) is 0 Å². The van der Waals surface area contributed by atoms with E-state index in [1.54, 1.807) is 37.8 Å². The first-order valence-electron chi connectivity index (χ1n) is 14.3. The Morgan fingerprint density at radius 2 is 1.60 bits per heavy atom. The molecule has 0 saturated heterocycles. The fraction of sp³-hybridized carbons (Fsp3) is 0.382. The van der Waals surface area contributed by atoms with Crippen molar-refractivity contribution in [2.75, 3.05) is 5.32 Å². The molecule has 1 aliphatic carbocycles. The summed E-state index contributed by atoms with van der Waals surface area (Å²) in [6.07, 6.45) is 0.166. The molecule has 0 radical (unpaired) electrons. The number of nitrogens with zero attached hydrogens (tertiary/aromatic N) is 1. The maximum absolute atomic E-state index is 14.6. The molecule has 3 amide bonds. The molecule has 4 atom stereocenters. The number of para-hydroxylation sites is 1. The van der Waals surface area contributed by atoms with Gasteiger partial charge >= 0.3 is 6.09 Å². The maximum Gasteiger partial charge on any atom is 0.408 e. The number of carbonyl (C=O) groups is 3. The quantitative estimate of drug-likeness (QED) is 0.289. The van der Waals surface area contributed by atoms with Crippen molar-refractivity contribution < 1.29 is 24.2 Å². The van der Waals surface area contributed by atoms with Gasteiger partial charge in [-0.15, -0.1) is 0 Å². The number of aromatic hydroxyl groups is 1. The number of phenols is 1. The third-order valence-electron chi connectivity index (χ3n) is 7.37. The Labute approximate surface area is 248 Å². The van der Waals surface area contributed by atoms with Crippen LogP contribution >= 0.6 is 0 Å². The molecule has 8 heteroatoms. The lowest BCUT2D eigenvalue weighted by atomic mass is 9.99. The monoisotopic (exact) mass is 571 g/mol. The minimum atomic E-state index is -1.02. The zero-order valence-electron chi connectivity index (χ0n) is 25.2. The number of alkyl carbamates (subject to hydrolysis) is 1. The van der Waals surface area contributed by atoms with Crippen LogP contribution in [-0.2, 0) is 20.7 Å². The van der Waals surface area contributed by atoms with Gasteiger partial charge in [-0.3, -0.25) is 9.59 Å². The van der Waals surface area contributed by atoms with Crippen LogP contribution in [0, 0.1) is 19.8 Å². The van der Waals surface area contributed by atoms with Crippen LogP contribution in [0.5, 0.6) is 5.75 Å². The highest BCUT2D eigenvalue weighted by molar-refractivity contribution is 5.99. The number of amides is 3. The Morgan fingerprint density at radius 3 is 2.17 bits per heavy atom. The molecule has 222 valence electrons. The Kier molecular flexibility index (Phi) is 9.24. The lowest BCUT2D eigenvalue weighted by molar-refractivity contribution is -0.141. The Balaban J connectivity index is 1.75. The van der Waals surface area contributed by atoms with E-state index in [4.69, 9.17) is 4.74 Å². The van der Waals surface area contributed by atoms with Crippen LogP contribution in [0.1, 0.15) is 62.4 Å². The molecule has 3 N–H and O–H groups in total. The van der Waals surface area contributed by atoms with E-state index in [-0.39, 0.29) is 35.9 Å². The summed E-state index contributed by atoms with van der Waals surface area (Å²) in [6, 6.07) is 19.5. The summed E-state index contributed by atoms with van der Waals surface area (Å²) >= 11 is 0. The van der Waals surface area contributed by atoms with Crippen molar-refractivity contribution in [3.8, 4) is 5.75 Å². The topological polar surface area (TPSA) is 108 Å². The number of hydrogen-bond donors (Lipinski definition) is 3. The van der Waals surface area contributed by atoms with Crippen LogP contribution in [0.3, 0.4) is 0 Å². The van der Waals surface area contributed by atoms with Gasteiger partial charge < -0.3 is 25.4 Å². The van der Waals surface area contributed by atoms with Crippen molar-refractivity contribution >= 4 is 23.6 Å². The zero-order valence-corrected chi connectivity index (χ0v) is 25.2. The fourth-order valence-corrected chi connectivity index (χ4v) is 4.97. The lowest BCUT2D eigenvalue weighted by Gasteiger charge is -2.35. The molecule has 4 unspecified atom stereocenters. The molecule has 0 aliphatic heterocycles. The number of aryl methyl sites for hydroxylation is 2. The third-order valence-corrected chi connectivity index (χ3v) is 7.37. The number of hydrogen-bond acceptors (Lipinski definition) is 5. The molecule has 1 fully saturated rings. The van der Waals surface area contributed by atoms with Crippen LogP contribution in [0.4, 0.5) is 10.5 Å². The Morgan fingerprint density at radius 1 is 0.976 bits per heavy atom. The van der Waals surface area contributed by atoms with Crippen LogP contribution in [0.15, 0.2) is 72.8 Å². The fourth-order valence-electron chi connectivity index (χ4n) is 4.97. The second kappa shape index (κ2) is 12.7. The molecule has 0 bridgehead atoms. The van der Waals surface area contributed by atoms with Gasteiger partial charge in [0, 0.05) is 18.2 Å². The molecule has 0 aromatic heterocycles. The molecular formula is C34H41N3O5. The minimum absolute atomic E-state index is 0.0995. The van der Waals surface area contributed by atoms with Gasteiger partial charge in [-0.25, -0.2) is 4.79 Å². The largest absolute Gasteiger partial charge is 0.508 e. The molecule has 1 saturated carbocycles. The second-order valence-corrected chi connectivity index (χ2v) is 12.2. The second-order valence-electron chi connectivity index (χ2n) is 12.2. The number of anilines is 1. The predicted molar refractivity (Wildman–Crippen MR) is 163 cm³/mol. The smallest absolute Gasteiger partial charge is 0.408 e. The first-order chi connectivity index (χ1) is 19.8. The molecule has 0 heterocycles. The van der Waals surface area contributed by atoms with E-state index >= 15 is 0 Å². The van der Waals surface area contributed by atoms with Crippen LogP contribution in [0.25, 0.3) is 0 Å². The summed E-state index contributed by atoms with van der Waals surface area (Å²) in [5.74, 6) is -0.429. The van der Waals surface area contributed by atoms with E-state index in [0.29, 0.717) is 11.3 Å². The molecule has 3 aromatic rings. The van der Waals surface area contributed by atoms with Crippen LogP contribution in [-0.4, -0.2) is 45.6 Å². The van der Waals surface area contributed by atoms with Crippen molar-refractivity contribution in [1.82, 2.24) is 10.2 Å². The first kappa shape index (κ1) is 30.6. The molecule has 8 nitrogen and oxygen atoms in total. The number of ether oxygens (including phenoxy) is 1. The zero-order chi connectivity index (χ0) is 30.6. The summed E-state index contributed by atoms with van der Waals surface area (Å²) in [6.45, 7) is 11.2. The SMILES string of the molecule is Cc1ccc(C(C(=O)Nc2ccccc2C)N(C(=O)C(Cc2ccc(O)cc2)NC(=O)OC(C)(C)C)C2CC2C)cc1. The molecule has 4 rings (SSSR count). The third kappa shape index (κ3) is 7.90. The van der Waals surface area contributed by atoms with E-state index in [1.807, 2.05) is 69.3 Å². The summed E-state index contributed by atoms with van der Waals surface area (Å²) in [5.41, 5.74) is 3.26. The molecule has 3 aromatic carbocycles. The van der Waals surface area contributed by atoms with E-state index in [2.05, 4.69) is 10.6 Å². The average Bonchev–Trinajstić information content (AvgIpc) is 3.64. The standard InChI is InChI=1S/C34H41N3O5/c1-21-11-15-25(16-12-21)30(31(39)35-27-10-8-7-9-22(27)2)37(29-19-23(29)3)32(40)28(36-33(41)42-34(4,5)6)20-24-13-17-26(38)18-14-24/h7-18,23,28-30,38H,19-20H2,1-6H3,(H,35,39)(H,36,41). The molecule has 42 heavy (non-hydrogen) atoms. The number of rotatable bonds is 9. The lowest BCUT2D eigenvalue weighted by Crippen LogP contribution is -2.54. The van der Waals surface area contributed by atoms with Gasteiger partial charge in [0.15, 0.2) is 0 Å². The summed E-state index contributed by atoms with van der Waals surface area (Å²) in [7, 11) is 0. The van der Waals surface area contributed by atoms with Gasteiger partial charge in [0.05, 0.1) is 0 Å². The van der Waals surface area contributed by atoms with Crippen molar-refractivity contribution in [3.05, 3.63) is 95.1 Å². The molecular weight excluding hydrogens is 530 g/mol. The molecule has 1 aliphatic rings. The molecule has 0 spiro atoms. The van der Waals surface area contributed by atoms with Crippen LogP contribution in [0.2, 0.25) is 0 Å². The maximum atomic E-state index is 14.6. The Hall–Kier alpha value is -4.33. The van der Waals surface area contributed by atoms with Gasteiger partial charge in [-0.2, -0.15) is 0 Å². The van der Waals surface area contributed by atoms with Crippen LogP contribution < -0.4 is 10.6 Å². The normalized spacial score (nSPS) is 17.5. The van der Waals surface area contributed by atoms with E-state index in [1.165, 1.54) is 12.1 Å². The number of carbonyl (C=O) groups excluding carboxylic acids is 3. The summed E-state index contributed by atoms with van der Waals surface area (Å²) in [4.78, 5) is 43.3. The number of nitrogens with one attached hydrogen (secondary N) is 2. The highest BCUT2D eigenvalue weighted by Gasteiger charge is 2.48. The van der Waals surface area contributed by atoms with Crippen molar-refractivity contribution in [2.45, 2.75) is 78.1 Å². The van der Waals surface area contributed by atoms with E-state index in [0.717, 1.165) is 23.1 Å². The van der Waals surface area contributed by atoms with Gasteiger partial charge in [-0.1, -0.05) is 67.1 Å². The first-order valence-corrected chi connectivity index (χ1v) is 14.3. The average molecular weight is 572 g/mol. The van der Waals surface area contributed by atoms with E-state index in [9.17, 15) is 19.5 Å². The summed E-state index contributed by atoms with van der Waals surface area (Å²) < 4.78 is 5.51. The van der Waals surface area contributed by atoms with Gasteiger partial charge in [-0.05, 0) is 81.8 Å². The van der Waals surface area contributed by atoms with Gasteiger partial charge in [0.25, 0.3) is 5.91 Å². The van der Waals surface area contributed by atoms with Crippen molar-refractivity contribution in [3.63, 3.8) is 0 Å². The van der Waals surface area contributed by atoms with Gasteiger partial charge in [0.1, 0.15) is 23.4 Å². The minimum Gasteiger partial charge on any atom is -0.508 e. The number of benzene rings is 3. The Bertz CT molecular complexity index is 1410. The highest BCUT2D eigenvalue weighted by Crippen LogP contribution is 2.41. The number of phenolic OH excluding ortho intramolecular Hbond substituents is 1. The highest BCUT2D eigenvalue weighted by atomic mass is 16.6. The van der Waals surface area contributed by atoms with Gasteiger partial charge in [0.2, 0.25) is 5.91 Å². The van der Waals surface area contributed by atoms with Crippen molar-refractivity contribution in [2.24, 2.45) is 5.92 Å².